The zero-order valence-corrected chi connectivity index (χ0v) is 31.8. The van der Waals surface area contributed by atoms with Gasteiger partial charge in [-0.3, -0.25) is 0 Å². The van der Waals surface area contributed by atoms with Crippen molar-refractivity contribution in [1.82, 2.24) is 0 Å². The molecule has 1 nitrogen and oxygen atoms in total. The van der Waals surface area contributed by atoms with E-state index in [1.54, 1.807) is 0 Å². The molecular formula is C52H39NS. The van der Waals surface area contributed by atoms with Crippen molar-refractivity contribution in [2.24, 2.45) is 0 Å². The van der Waals surface area contributed by atoms with Gasteiger partial charge >= 0.3 is 0 Å². The van der Waals surface area contributed by atoms with Gasteiger partial charge in [-0.2, -0.15) is 0 Å². The van der Waals surface area contributed by atoms with Crippen LogP contribution >= 0.6 is 11.3 Å². The molecule has 0 saturated heterocycles. The highest BCUT2D eigenvalue weighted by Crippen LogP contribution is 2.55. The van der Waals surface area contributed by atoms with E-state index in [1.807, 2.05) is 11.3 Å². The molecule has 0 saturated carbocycles. The maximum atomic E-state index is 2.50. The minimum atomic E-state index is -0.0896. The molecule has 2 heteroatoms. The number of rotatable bonds is 4. The topological polar surface area (TPSA) is 3.24 Å². The van der Waals surface area contributed by atoms with Crippen molar-refractivity contribution in [3.8, 4) is 33.4 Å². The summed E-state index contributed by atoms with van der Waals surface area (Å²) >= 11 is 1.88. The van der Waals surface area contributed by atoms with Gasteiger partial charge in [-0.25, -0.2) is 0 Å². The molecule has 0 atom stereocenters. The maximum Gasteiger partial charge on any atom is 0.0543 e. The highest BCUT2D eigenvalue weighted by atomic mass is 32.1. The fraction of sp³-hybridized carbons (Fsp3) is 0.115. The van der Waals surface area contributed by atoms with Gasteiger partial charge in [0, 0.05) is 47.9 Å². The van der Waals surface area contributed by atoms with E-state index in [2.05, 4.69) is 196 Å². The average Bonchev–Trinajstić information content (AvgIpc) is 3.78. The van der Waals surface area contributed by atoms with Crippen LogP contribution in [0.15, 0.2) is 164 Å². The largest absolute Gasteiger partial charge is 0.310 e. The molecule has 1 heterocycles. The molecule has 9 aromatic rings. The van der Waals surface area contributed by atoms with E-state index >= 15 is 0 Å². The van der Waals surface area contributed by atoms with Crippen LogP contribution in [0.3, 0.4) is 0 Å². The Morgan fingerprint density at radius 1 is 0.426 bits per heavy atom. The Hall–Kier alpha value is -5.96. The summed E-state index contributed by atoms with van der Waals surface area (Å²) in [5.41, 5.74) is 16.7. The third kappa shape index (κ3) is 4.38. The van der Waals surface area contributed by atoms with Crippen molar-refractivity contribution >= 4 is 59.3 Å². The fourth-order valence-electron chi connectivity index (χ4n) is 9.72. The number of hydrogen-bond donors (Lipinski definition) is 0. The van der Waals surface area contributed by atoms with Gasteiger partial charge in [-0.1, -0.05) is 143 Å². The van der Waals surface area contributed by atoms with Crippen molar-refractivity contribution in [2.75, 3.05) is 4.90 Å². The summed E-state index contributed by atoms with van der Waals surface area (Å²) in [7, 11) is 0. The van der Waals surface area contributed by atoms with Crippen molar-refractivity contribution in [3.05, 3.63) is 186 Å². The molecular weight excluding hydrogens is 671 g/mol. The molecule has 0 bridgehead atoms. The SMILES string of the molecule is CC1(C)c2ccccc2-c2cc(N(c3ccc(-c4ccc5ccc6sc7ccccc7c6c5c4)cc3)c3cccc4c3-c3ccccc3C4(C)C)ccc21. The lowest BCUT2D eigenvalue weighted by atomic mass is 9.82. The summed E-state index contributed by atoms with van der Waals surface area (Å²) in [6, 6.07) is 61.5. The van der Waals surface area contributed by atoms with Crippen LogP contribution in [0.5, 0.6) is 0 Å². The van der Waals surface area contributed by atoms with Crippen molar-refractivity contribution in [2.45, 2.75) is 38.5 Å². The number of hydrogen-bond acceptors (Lipinski definition) is 2. The third-order valence-electron chi connectivity index (χ3n) is 12.5. The highest BCUT2D eigenvalue weighted by Gasteiger charge is 2.39. The first-order chi connectivity index (χ1) is 26.3. The van der Waals surface area contributed by atoms with E-state index in [1.165, 1.54) is 98.0 Å². The van der Waals surface area contributed by atoms with Crippen molar-refractivity contribution < 1.29 is 0 Å². The molecule has 8 aromatic carbocycles. The van der Waals surface area contributed by atoms with Gasteiger partial charge in [0.05, 0.1) is 5.69 Å². The molecule has 0 fully saturated rings. The number of benzene rings is 8. The molecule has 2 aliphatic carbocycles. The Labute approximate surface area is 320 Å². The van der Waals surface area contributed by atoms with E-state index in [0.29, 0.717) is 0 Å². The van der Waals surface area contributed by atoms with Crippen molar-refractivity contribution in [3.63, 3.8) is 0 Å². The van der Waals surface area contributed by atoms with Gasteiger partial charge in [-0.05, 0) is 109 Å². The lowest BCUT2D eigenvalue weighted by molar-refractivity contribution is 0.660. The highest BCUT2D eigenvalue weighted by molar-refractivity contribution is 7.26. The fourth-order valence-corrected chi connectivity index (χ4v) is 10.8. The van der Waals surface area contributed by atoms with Gasteiger partial charge in [0.25, 0.3) is 0 Å². The van der Waals surface area contributed by atoms with Crippen LogP contribution in [0, 0.1) is 0 Å². The minimum absolute atomic E-state index is 0.0470. The van der Waals surface area contributed by atoms with Crippen LogP contribution in [-0.4, -0.2) is 0 Å². The summed E-state index contributed by atoms with van der Waals surface area (Å²) in [4.78, 5) is 2.50. The third-order valence-corrected chi connectivity index (χ3v) is 13.6. The van der Waals surface area contributed by atoms with Gasteiger partial charge in [0.1, 0.15) is 0 Å². The number of fused-ring (bicyclic) bond motifs is 11. The predicted molar refractivity (Wildman–Crippen MR) is 232 cm³/mol. The van der Waals surface area contributed by atoms with Crippen LogP contribution in [0.2, 0.25) is 0 Å². The summed E-state index contributed by atoms with van der Waals surface area (Å²) < 4.78 is 2.68. The lowest BCUT2D eigenvalue weighted by Gasteiger charge is -2.30. The molecule has 1 aromatic heterocycles. The number of nitrogens with zero attached hydrogens (tertiary/aromatic N) is 1. The maximum absolute atomic E-state index is 2.50. The average molecular weight is 710 g/mol. The summed E-state index contributed by atoms with van der Waals surface area (Å²) in [6.07, 6.45) is 0. The summed E-state index contributed by atoms with van der Waals surface area (Å²) in [6.45, 7) is 9.45. The van der Waals surface area contributed by atoms with Crippen LogP contribution in [-0.2, 0) is 10.8 Å². The van der Waals surface area contributed by atoms with Gasteiger partial charge in [0.2, 0.25) is 0 Å². The molecule has 0 aliphatic heterocycles. The van der Waals surface area contributed by atoms with Crippen LogP contribution in [0.1, 0.15) is 49.9 Å². The standard InChI is InChI=1S/C52H39NS/c1-51(2)42-15-8-5-12-37(42)41-31-36(27-28-44(41)51)53(46-18-11-17-45-50(46)38-13-6-9-16-43(38)52(45,3)4)35-25-22-32(23-26-35)34-21-20-33-24-29-48-49(40(33)30-34)39-14-7-10-19-47(39)54-48/h5-31H,1-4H3. The molecule has 54 heavy (non-hydrogen) atoms. The van der Waals surface area contributed by atoms with Crippen LogP contribution < -0.4 is 4.90 Å². The first-order valence-electron chi connectivity index (χ1n) is 19.0. The monoisotopic (exact) mass is 709 g/mol. The second-order valence-corrected chi connectivity index (χ2v) is 17.2. The summed E-state index contributed by atoms with van der Waals surface area (Å²) in [5, 5.41) is 5.29. The molecule has 0 unspecified atom stereocenters. The smallest absolute Gasteiger partial charge is 0.0543 e. The van der Waals surface area contributed by atoms with E-state index in [0.717, 1.165) is 5.69 Å². The van der Waals surface area contributed by atoms with E-state index in [-0.39, 0.29) is 10.8 Å². The zero-order chi connectivity index (χ0) is 36.3. The Morgan fingerprint density at radius 3 is 1.89 bits per heavy atom. The lowest BCUT2D eigenvalue weighted by Crippen LogP contribution is -2.16. The molecule has 0 radical (unpaired) electrons. The Morgan fingerprint density at radius 2 is 1.06 bits per heavy atom. The van der Waals surface area contributed by atoms with Crippen LogP contribution in [0.4, 0.5) is 17.1 Å². The van der Waals surface area contributed by atoms with E-state index in [4.69, 9.17) is 0 Å². The number of thiophene rings is 1. The van der Waals surface area contributed by atoms with E-state index in [9.17, 15) is 0 Å². The van der Waals surface area contributed by atoms with E-state index < -0.39 is 0 Å². The summed E-state index contributed by atoms with van der Waals surface area (Å²) in [5.74, 6) is 0. The number of anilines is 3. The molecule has 0 N–H and O–H groups in total. The second kappa shape index (κ2) is 11.3. The quantitative estimate of drug-likeness (QED) is 0.176. The zero-order valence-electron chi connectivity index (χ0n) is 30.9. The first-order valence-corrected chi connectivity index (χ1v) is 19.8. The molecule has 2 aliphatic rings. The van der Waals surface area contributed by atoms with Crippen molar-refractivity contribution in [1.29, 1.82) is 0 Å². The Bertz CT molecular complexity index is 3000. The molecule has 0 amide bonds. The molecule has 0 spiro atoms. The van der Waals surface area contributed by atoms with Gasteiger partial charge < -0.3 is 4.90 Å². The Kier molecular flexibility index (Phi) is 6.59. The van der Waals surface area contributed by atoms with Crippen LogP contribution in [0.25, 0.3) is 64.3 Å². The molecule has 11 rings (SSSR count). The normalized spacial score (nSPS) is 14.6. The second-order valence-electron chi connectivity index (χ2n) is 16.1. The minimum Gasteiger partial charge on any atom is -0.310 e. The first kappa shape index (κ1) is 31.6. The van der Waals surface area contributed by atoms with Gasteiger partial charge in [-0.15, -0.1) is 11.3 Å². The van der Waals surface area contributed by atoms with Gasteiger partial charge in [0.15, 0.2) is 0 Å². The predicted octanol–water partition coefficient (Wildman–Crippen LogP) is 15.0. The Balaban J connectivity index is 1.09. The molecule has 258 valence electrons.